The summed E-state index contributed by atoms with van der Waals surface area (Å²) in [4.78, 5) is 2.36. The SMILES string of the molecule is COc1ccccc1CN1CCOC(CCl)C1. The van der Waals surface area contributed by atoms with Gasteiger partial charge in [0.25, 0.3) is 0 Å². The van der Waals surface area contributed by atoms with Gasteiger partial charge in [-0.2, -0.15) is 0 Å². The third-order valence-corrected chi connectivity index (χ3v) is 3.33. The predicted molar refractivity (Wildman–Crippen MR) is 68.7 cm³/mol. The normalized spacial score (nSPS) is 21.4. The molecule has 17 heavy (non-hydrogen) atoms. The number of benzene rings is 1. The number of rotatable bonds is 4. The molecule has 0 spiro atoms. The van der Waals surface area contributed by atoms with Gasteiger partial charge in [-0.15, -0.1) is 11.6 Å². The molecule has 0 radical (unpaired) electrons. The molecule has 1 aliphatic heterocycles. The van der Waals surface area contributed by atoms with Gasteiger partial charge in [-0.3, -0.25) is 4.90 Å². The standard InChI is InChI=1S/C13H18ClNO2/c1-16-13-5-3-2-4-11(13)9-15-6-7-17-12(8-14)10-15/h2-5,12H,6-10H2,1H3. The molecule has 0 bridgehead atoms. The van der Waals surface area contributed by atoms with Crippen LogP contribution in [-0.2, 0) is 11.3 Å². The molecule has 4 heteroatoms. The van der Waals surface area contributed by atoms with E-state index in [-0.39, 0.29) is 6.10 Å². The van der Waals surface area contributed by atoms with Gasteiger partial charge in [0.1, 0.15) is 5.75 Å². The van der Waals surface area contributed by atoms with E-state index >= 15 is 0 Å². The molecule has 1 heterocycles. The van der Waals surface area contributed by atoms with Crippen molar-refractivity contribution in [3.05, 3.63) is 29.8 Å². The highest BCUT2D eigenvalue weighted by Gasteiger charge is 2.20. The second-order valence-electron chi connectivity index (χ2n) is 4.19. The third-order valence-electron chi connectivity index (χ3n) is 2.98. The Balaban J connectivity index is 2.00. The van der Waals surface area contributed by atoms with E-state index in [9.17, 15) is 0 Å². The molecule has 0 aromatic heterocycles. The Labute approximate surface area is 107 Å². The van der Waals surface area contributed by atoms with E-state index in [1.165, 1.54) is 5.56 Å². The molecule has 1 unspecified atom stereocenters. The maximum Gasteiger partial charge on any atom is 0.123 e. The second-order valence-corrected chi connectivity index (χ2v) is 4.50. The average molecular weight is 256 g/mol. The molecule has 2 rings (SSSR count). The molecule has 3 nitrogen and oxygen atoms in total. The summed E-state index contributed by atoms with van der Waals surface area (Å²) in [5.41, 5.74) is 1.21. The lowest BCUT2D eigenvalue weighted by Crippen LogP contribution is -2.42. The molecular formula is C13H18ClNO2. The highest BCUT2D eigenvalue weighted by molar-refractivity contribution is 6.18. The number of para-hydroxylation sites is 1. The quantitative estimate of drug-likeness (QED) is 0.770. The van der Waals surface area contributed by atoms with Crippen LogP contribution in [-0.4, -0.2) is 43.7 Å². The lowest BCUT2D eigenvalue weighted by molar-refractivity contribution is -0.0195. The first-order chi connectivity index (χ1) is 8.33. The Morgan fingerprint density at radius 1 is 1.47 bits per heavy atom. The minimum absolute atomic E-state index is 0.153. The van der Waals surface area contributed by atoms with Crippen LogP contribution in [0.1, 0.15) is 5.56 Å². The molecule has 1 aliphatic rings. The van der Waals surface area contributed by atoms with Gasteiger partial charge in [0.2, 0.25) is 0 Å². The average Bonchev–Trinajstić information content (AvgIpc) is 2.39. The summed E-state index contributed by atoms with van der Waals surface area (Å²) in [6.07, 6.45) is 0.153. The summed E-state index contributed by atoms with van der Waals surface area (Å²) >= 11 is 5.83. The molecule has 1 aromatic carbocycles. The minimum Gasteiger partial charge on any atom is -0.496 e. The van der Waals surface area contributed by atoms with E-state index in [4.69, 9.17) is 21.1 Å². The number of nitrogens with zero attached hydrogens (tertiary/aromatic N) is 1. The second kappa shape index (κ2) is 6.24. The summed E-state index contributed by atoms with van der Waals surface area (Å²) in [5.74, 6) is 1.50. The third kappa shape index (κ3) is 3.35. The van der Waals surface area contributed by atoms with Crippen molar-refractivity contribution >= 4 is 11.6 Å². The molecule has 1 atom stereocenters. The summed E-state index contributed by atoms with van der Waals surface area (Å²) in [6, 6.07) is 8.12. The lowest BCUT2D eigenvalue weighted by Gasteiger charge is -2.32. The van der Waals surface area contributed by atoms with Gasteiger partial charge < -0.3 is 9.47 Å². The Morgan fingerprint density at radius 3 is 3.06 bits per heavy atom. The Morgan fingerprint density at radius 2 is 2.29 bits per heavy atom. The van der Waals surface area contributed by atoms with Crippen molar-refractivity contribution in [3.8, 4) is 5.75 Å². The smallest absolute Gasteiger partial charge is 0.123 e. The first-order valence-corrected chi connectivity index (χ1v) is 6.38. The van der Waals surface area contributed by atoms with Gasteiger partial charge in [0.15, 0.2) is 0 Å². The molecular weight excluding hydrogens is 238 g/mol. The zero-order valence-electron chi connectivity index (χ0n) is 10.1. The number of methoxy groups -OCH3 is 1. The topological polar surface area (TPSA) is 21.7 Å². The molecule has 1 saturated heterocycles. The summed E-state index contributed by atoms with van der Waals surface area (Å²) < 4.78 is 10.9. The fourth-order valence-electron chi connectivity index (χ4n) is 2.09. The number of halogens is 1. The zero-order valence-corrected chi connectivity index (χ0v) is 10.8. The maximum atomic E-state index is 5.83. The van der Waals surface area contributed by atoms with E-state index in [1.54, 1.807) is 7.11 Å². The van der Waals surface area contributed by atoms with E-state index < -0.39 is 0 Å². The van der Waals surface area contributed by atoms with Crippen LogP contribution in [0.4, 0.5) is 0 Å². The number of alkyl halides is 1. The Kier molecular flexibility index (Phi) is 4.66. The fraction of sp³-hybridized carbons (Fsp3) is 0.538. The number of hydrogen-bond donors (Lipinski definition) is 0. The molecule has 1 fully saturated rings. The van der Waals surface area contributed by atoms with Gasteiger partial charge in [0, 0.05) is 31.1 Å². The van der Waals surface area contributed by atoms with Crippen LogP contribution in [0.15, 0.2) is 24.3 Å². The first-order valence-electron chi connectivity index (χ1n) is 5.85. The molecule has 0 saturated carbocycles. The predicted octanol–water partition coefficient (Wildman–Crippen LogP) is 2.13. The van der Waals surface area contributed by atoms with Gasteiger partial charge >= 0.3 is 0 Å². The van der Waals surface area contributed by atoms with E-state index in [1.807, 2.05) is 18.2 Å². The Bertz CT molecular complexity index is 359. The van der Waals surface area contributed by atoms with Crippen LogP contribution in [0.5, 0.6) is 5.75 Å². The monoisotopic (exact) mass is 255 g/mol. The number of morpholine rings is 1. The van der Waals surface area contributed by atoms with Crippen LogP contribution in [0.3, 0.4) is 0 Å². The summed E-state index contributed by atoms with van der Waals surface area (Å²) in [5, 5.41) is 0. The van der Waals surface area contributed by atoms with Crippen LogP contribution < -0.4 is 4.74 Å². The molecule has 1 aromatic rings. The first kappa shape index (κ1) is 12.7. The van der Waals surface area contributed by atoms with E-state index in [0.29, 0.717) is 5.88 Å². The molecule has 0 N–H and O–H groups in total. The van der Waals surface area contributed by atoms with E-state index in [0.717, 1.165) is 32.0 Å². The van der Waals surface area contributed by atoms with Crippen LogP contribution in [0.2, 0.25) is 0 Å². The summed E-state index contributed by atoms with van der Waals surface area (Å²) in [6.45, 7) is 3.49. The maximum absolute atomic E-state index is 5.83. The largest absolute Gasteiger partial charge is 0.496 e. The van der Waals surface area contributed by atoms with Gasteiger partial charge in [-0.05, 0) is 6.07 Å². The minimum atomic E-state index is 0.153. The number of ether oxygens (including phenoxy) is 2. The molecule has 0 aliphatic carbocycles. The van der Waals surface area contributed by atoms with Crippen molar-refractivity contribution in [3.63, 3.8) is 0 Å². The van der Waals surface area contributed by atoms with Crippen molar-refractivity contribution in [2.75, 3.05) is 32.7 Å². The van der Waals surface area contributed by atoms with Crippen LogP contribution >= 0.6 is 11.6 Å². The summed E-state index contributed by atoms with van der Waals surface area (Å²) in [7, 11) is 1.71. The molecule has 0 amide bonds. The number of hydrogen-bond acceptors (Lipinski definition) is 3. The van der Waals surface area contributed by atoms with Gasteiger partial charge in [-0.25, -0.2) is 0 Å². The highest BCUT2D eigenvalue weighted by atomic mass is 35.5. The van der Waals surface area contributed by atoms with Crippen molar-refractivity contribution in [2.45, 2.75) is 12.6 Å². The van der Waals surface area contributed by atoms with Gasteiger partial charge in [-0.1, -0.05) is 18.2 Å². The van der Waals surface area contributed by atoms with Crippen LogP contribution in [0, 0.1) is 0 Å². The van der Waals surface area contributed by atoms with Crippen LogP contribution in [0.25, 0.3) is 0 Å². The van der Waals surface area contributed by atoms with Crippen molar-refractivity contribution in [2.24, 2.45) is 0 Å². The zero-order chi connectivity index (χ0) is 12.1. The van der Waals surface area contributed by atoms with Crippen molar-refractivity contribution in [1.82, 2.24) is 4.90 Å². The van der Waals surface area contributed by atoms with Crippen molar-refractivity contribution < 1.29 is 9.47 Å². The fourth-order valence-corrected chi connectivity index (χ4v) is 2.28. The highest BCUT2D eigenvalue weighted by Crippen LogP contribution is 2.20. The van der Waals surface area contributed by atoms with Gasteiger partial charge in [0.05, 0.1) is 19.8 Å². The Hall–Kier alpha value is -0.770. The molecule has 94 valence electrons. The lowest BCUT2D eigenvalue weighted by atomic mass is 10.1. The van der Waals surface area contributed by atoms with E-state index in [2.05, 4.69) is 11.0 Å². The van der Waals surface area contributed by atoms with Crippen molar-refractivity contribution in [1.29, 1.82) is 0 Å².